The van der Waals surface area contributed by atoms with Crippen LogP contribution in [0.2, 0.25) is 0 Å². The fraction of sp³-hybridized carbons (Fsp3) is 0.182. The summed E-state index contributed by atoms with van der Waals surface area (Å²) in [5, 5.41) is 3.92. The normalized spacial score (nSPS) is 10.5. The number of nitrogens with one attached hydrogen (secondary N) is 1. The summed E-state index contributed by atoms with van der Waals surface area (Å²) in [6, 6.07) is 6.79. The summed E-state index contributed by atoms with van der Waals surface area (Å²) in [6.45, 7) is 1.88. The van der Waals surface area contributed by atoms with Gasteiger partial charge in [-0.15, -0.1) is 0 Å². The van der Waals surface area contributed by atoms with Gasteiger partial charge in [-0.05, 0) is 30.7 Å². The maximum absolute atomic E-state index is 13.1. The maximum Gasteiger partial charge on any atom is 0.126 e. The Morgan fingerprint density at radius 1 is 1.29 bits per heavy atom. The SMILES string of the molecule is CNc1ccc2c(C)cc(F)cc2n1. The van der Waals surface area contributed by atoms with Gasteiger partial charge in [-0.2, -0.15) is 0 Å². The second-order valence-corrected chi connectivity index (χ2v) is 3.24. The molecule has 0 amide bonds. The van der Waals surface area contributed by atoms with Crippen molar-refractivity contribution in [3.05, 3.63) is 35.6 Å². The van der Waals surface area contributed by atoms with Crippen LogP contribution in [0.1, 0.15) is 5.56 Å². The number of aryl methyl sites for hydroxylation is 1. The molecule has 1 aromatic carbocycles. The van der Waals surface area contributed by atoms with E-state index >= 15 is 0 Å². The van der Waals surface area contributed by atoms with Crippen molar-refractivity contribution < 1.29 is 4.39 Å². The van der Waals surface area contributed by atoms with Crippen molar-refractivity contribution in [3.63, 3.8) is 0 Å². The van der Waals surface area contributed by atoms with E-state index in [2.05, 4.69) is 10.3 Å². The number of benzene rings is 1. The van der Waals surface area contributed by atoms with Gasteiger partial charge in [0.05, 0.1) is 5.52 Å². The molecule has 72 valence electrons. The van der Waals surface area contributed by atoms with Gasteiger partial charge >= 0.3 is 0 Å². The molecule has 14 heavy (non-hydrogen) atoms. The molecule has 1 aromatic heterocycles. The molecule has 0 aliphatic carbocycles. The highest BCUT2D eigenvalue weighted by atomic mass is 19.1. The average Bonchev–Trinajstić information content (AvgIpc) is 2.16. The van der Waals surface area contributed by atoms with Gasteiger partial charge in [-0.3, -0.25) is 0 Å². The number of pyridine rings is 1. The third-order valence-corrected chi connectivity index (χ3v) is 2.23. The molecule has 0 aliphatic rings. The Balaban J connectivity index is 2.75. The minimum absolute atomic E-state index is 0.240. The predicted molar refractivity (Wildman–Crippen MR) is 56.0 cm³/mol. The minimum Gasteiger partial charge on any atom is -0.373 e. The number of hydrogen-bond acceptors (Lipinski definition) is 2. The first-order chi connectivity index (χ1) is 6.70. The maximum atomic E-state index is 13.1. The molecular formula is C11H11FN2. The van der Waals surface area contributed by atoms with Crippen LogP contribution in [-0.4, -0.2) is 12.0 Å². The number of aromatic nitrogens is 1. The zero-order valence-corrected chi connectivity index (χ0v) is 8.13. The van der Waals surface area contributed by atoms with Gasteiger partial charge in [0, 0.05) is 18.5 Å². The van der Waals surface area contributed by atoms with Crippen LogP contribution in [0, 0.1) is 12.7 Å². The van der Waals surface area contributed by atoms with Crippen LogP contribution in [0.5, 0.6) is 0 Å². The van der Waals surface area contributed by atoms with E-state index in [1.54, 1.807) is 7.05 Å². The lowest BCUT2D eigenvalue weighted by atomic mass is 10.1. The Labute approximate surface area is 81.8 Å². The second kappa shape index (κ2) is 3.25. The summed E-state index contributed by atoms with van der Waals surface area (Å²) in [4.78, 5) is 4.26. The molecule has 2 aromatic rings. The van der Waals surface area contributed by atoms with E-state index in [-0.39, 0.29) is 5.82 Å². The summed E-state index contributed by atoms with van der Waals surface area (Å²) in [6.07, 6.45) is 0. The van der Waals surface area contributed by atoms with Gasteiger partial charge in [-0.25, -0.2) is 9.37 Å². The monoisotopic (exact) mass is 190 g/mol. The van der Waals surface area contributed by atoms with Crippen molar-refractivity contribution in [2.45, 2.75) is 6.92 Å². The van der Waals surface area contributed by atoms with Crippen LogP contribution >= 0.6 is 0 Å². The summed E-state index contributed by atoms with van der Waals surface area (Å²) in [7, 11) is 1.79. The molecule has 0 aliphatic heterocycles. The van der Waals surface area contributed by atoms with Crippen molar-refractivity contribution in [2.24, 2.45) is 0 Å². The first kappa shape index (κ1) is 8.94. The van der Waals surface area contributed by atoms with E-state index in [0.717, 1.165) is 16.8 Å². The van der Waals surface area contributed by atoms with E-state index in [4.69, 9.17) is 0 Å². The largest absolute Gasteiger partial charge is 0.373 e. The summed E-state index contributed by atoms with van der Waals surface area (Å²) < 4.78 is 13.1. The van der Waals surface area contributed by atoms with Gasteiger partial charge in [0.1, 0.15) is 11.6 Å². The molecule has 0 spiro atoms. The van der Waals surface area contributed by atoms with Gasteiger partial charge < -0.3 is 5.32 Å². The van der Waals surface area contributed by atoms with E-state index in [1.807, 2.05) is 19.1 Å². The summed E-state index contributed by atoms with van der Waals surface area (Å²) in [5.74, 6) is 0.512. The number of rotatable bonds is 1. The quantitative estimate of drug-likeness (QED) is 0.747. The molecule has 0 saturated heterocycles. The van der Waals surface area contributed by atoms with Crippen molar-refractivity contribution in [3.8, 4) is 0 Å². The summed E-state index contributed by atoms with van der Waals surface area (Å²) in [5.41, 5.74) is 1.60. The molecule has 2 rings (SSSR count). The van der Waals surface area contributed by atoms with Crippen molar-refractivity contribution in [1.29, 1.82) is 0 Å². The fourth-order valence-corrected chi connectivity index (χ4v) is 1.51. The first-order valence-electron chi connectivity index (χ1n) is 4.45. The van der Waals surface area contributed by atoms with Gasteiger partial charge in [0.2, 0.25) is 0 Å². The van der Waals surface area contributed by atoms with Gasteiger partial charge in [-0.1, -0.05) is 0 Å². The zero-order valence-electron chi connectivity index (χ0n) is 8.13. The highest BCUT2D eigenvalue weighted by Crippen LogP contribution is 2.20. The number of anilines is 1. The topological polar surface area (TPSA) is 24.9 Å². The molecular weight excluding hydrogens is 179 g/mol. The van der Waals surface area contributed by atoms with E-state index in [1.165, 1.54) is 12.1 Å². The highest BCUT2D eigenvalue weighted by molar-refractivity contribution is 5.83. The highest BCUT2D eigenvalue weighted by Gasteiger charge is 2.02. The van der Waals surface area contributed by atoms with Crippen LogP contribution < -0.4 is 5.32 Å². The lowest BCUT2D eigenvalue weighted by Crippen LogP contribution is -1.93. The van der Waals surface area contributed by atoms with Crippen molar-refractivity contribution in [2.75, 3.05) is 12.4 Å². The molecule has 0 fully saturated rings. The van der Waals surface area contributed by atoms with Crippen LogP contribution in [0.3, 0.4) is 0 Å². The van der Waals surface area contributed by atoms with Crippen LogP contribution in [0.15, 0.2) is 24.3 Å². The fourth-order valence-electron chi connectivity index (χ4n) is 1.51. The molecule has 0 atom stereocenters. The van der Waals surface area contributed by atoms with Crippen LogP contribution in [0.25, 0.3) is 10.9 Å². The zero-order chi connectivity index (χ0) is 10.1. The second-order valence-electron chi connectivity index (χ2n) is 3.24. The third kappa shape index (κ3) is 1.41. The minimum atomic E-state index is -0.240. The van der Waals surface area contributed by atoms with Crippen LogP contribution in [-0.2, 0) is 0 Å². The van der Waals surface area contributed by atoms with Crippen LogP contribution in [0.4, 0.5) is 10.2 Å². The predicted octanol–water partition coefficient (Wildman–Crippen LogP) is 2.72. The third-order valence-electron chi connectivity index (χ3n) is 2.23. The number of halogens is 1. The lowest BCUT2D eigenvalue weighted by Gasteiger charge is -2.04. The molecule has 2 nitrogen and oxygen atoms in total. The van der Waals surface area contributed by atoms with Gasteiger partial charge in [0.25, 0.3) is 0 Å². The Morgan fingerprint density at radius 3 is 2.79 bits per heavy atom. The molecule has 3 heteroatoms. The first-order valence-corrected chi connectivity index (χ1v) is 4.45. The number of nitrogens with zero attached hydrogens (tertiary/aromatic N) is 1. The van der Waals surface area contributed by atoms with E-state index < -0.39 is 0 Å². The molecule has 0 bridgehead atoms. The molecule has 0 radical (unpaired) electrons. The average molecular weight is 190 g/mol. The molecule has 0 saturated carbocycles. The van der Waals surface area contributed by atoms with E-state index in [0.29, 0.717) is 5.52 Å². The Hall–Kier alpha value is -1.64. The van der Waals surface area contributed by atoms with Gasteiger partial charge in [0.15, 0.2) is 0 Å². The standard InChI is InChI=1S/C11H11FN2/c1-7-5-8(12)6-10-9(7)3-4-11(13-2)14-10/h3-6H,1-2H3,(H,13,14). The Morgan fingerprint density at radius 2 is 2.07 bits per heavy atom. The number of fused-ring (bicyclic) bond motifs is 1. The lowest BCUT2D eigenvalue weighted by molar-refractivity contribution is 0.628. The molecule has 1 N–H and O–H groups in total. The smallest absolute Gasteiger partial charge is 0.126 e. The molecule has 0 unspecified atom stereocenters. The Kier molecular flexibility index (Phi) is 2.08. The van der Waals surface area contributed by atoms with Crippen molar-refractivity contribution >= 4 is 16.7 Å². The Bertz CT molecular complexity index is 480. The number of hydrogen-bond donors (Lipinski definition) is 1. The summed E-state index contributed by atoms with van der Waals surface area (Å²) >= 11 is 0. The molecule has 1 heterocycles. The van der Waals surface area contributed by atoms with Crippen molar-refractivity contribution in [1.82, 2.24) is 4.98 Å². The van der Waals surface area contributed by atoms with E-state index in [9.17, 15) is 4.39 Å².